The van der Waals surface area contributed by atoms with Crippen LogP contribution < -0.4 is 0 Å². The molecule has 0 saturated heterocycles. The van der Waals surface area contributed by atoms with Crippen molar-refractivity contribution in [2.45, 2.75) is 6.92 Å². The third-order valence-corrected chi connectivity index (χ3v) is 1.31. The maximum absolute atomic E-state index is 10.8. The van der Waals surface area contributed by atoms with Gasteiger partial charge < -0.3 is 9.72 Å². The third-order valence-electron chi connectivity index (χ3n) is 1.31. The predicted octanol–water partition coefficient (Wildman–Crippen LogP) is 0.399. The van der Waals surface area contributed by atoms with Gasteiger partial charge in [-0.05, 0) is 0 Å². The number of methoxy groups -OCH3 is 1. The highest BCUT2D eigenvalue weighted by molar-refractivity contribution is 5.93. The van der Waals surface area contributed by atoms with Gasteiger partial charge in [0, 0.05) is 6.92 Å². The summed E-state index contributed by atoms with van der Waals surface area (Å²) < 4.78 is 4.41. The van der Waals surface area contributed by atoms with Crippen molar-refractivity contribution in [1.82, 2.24) is 9.97 Å². The van der Waals surface area contributed by atoms with Gasteiger partial charge in [0.2, 0.25) is 0 Å². The molecule has 1 aromatic heterocycles. The fraction of sp³-hybridized carbons (Fsp3) is 0.286. The number of rotatable bonds is 2. The summed E-state index contributed by atoms with van der Waals surface area (Å²) in [5.74, 6) is -0.587. The summed E-state index contributed by atoms with van der Waals surface area (Å²) in [5, 5.41) is 0. The molecule has 12 heavy (non-hydrogen) atoms. The molecule has 0 bridgehead atoms. The molecule has 1 heterocycles. The van der Waals surface area contributed by atoms with Gasteiger partial charge in [0.05, 0.1) is 13.3 Å². The number of hydrogen-bond acceptors (Lipinski definition) is 4. The lowest BCUT2D eigenvalue weighted by Crippen LogP contribution is -2.02. The molecule has 64 valence electrons. The number of imidazole rings is 1. The molecular formula is C7H8N2O3. The van der Waals surface area contributed by atoms with Gasteiger partial charge in [-0.1, -0.05) is 0 Å². The van der Waals surface area contributed by atoms with Gasteiger partial charge >= 0.3 is 5.97 Å². The summed E-state index contributed by atoms with van der Waals surface area (Å²) in [6.07, 6.45) is 1.27. The maximum Gasteiger partial charge on any atom is 0.356 e. The van der Waals surface area contributed by atoms with E-state index in [0.29, 0.717) is 0 Å². The van der Waals surface area contributed by atoms with Gasteiger partial charge in [0.1, 0.15) is 5.69 Å². The average molecular weight is 168 g/mol. The highest BCUT2D eigenvalue weighted by atomic mass is 16.5. The van der Waals surface area contributed by atoms with Crippen LogP contribution in [0.15, 0.2) is 6.20 Å². The minimum atomic E-state index is -0.532. The van der Waals surface area contributed by atoms with Crippen molar-refractivity contribution in [3.63, 3.8) is 0 Å². The van der Waals surface area contributed by atoms with E-state index in [2.05, 4.69) is 14.7 Å². The zero-order chi connectivity index (χ0) is 9.14. The van der Waals surface area contributed by atoms with E-state index in [9.17, 15) is 9.59 Å². The summed E-state index contributed by atoms with van der Waals surface area (Å²) in [6.45, 7) is 1.36. The topological polar surface area (TPSA) is 72.0 Å². The van der Waals surface area contributed by atoms with Crippen molar-refractivity contribution >= 4 is 11.8 Å². The molecule has 0 aliphatic carbocycles. The Balaban J connectivity index is 2.91. The Kier molecular flexibility index (Phi) is 2.23. The molecule has 0 unspecified atom stereocenters. The van der Waals surface area contributed by atoms with Crippen LogP contribution in [0.3, 0.4) is 0 Å². The number of nitrogens with one attached hydrogen (secondary N) is 1. The molecule has 0 fully saturated rings. The fourth-order valence-electron chi connectivity index (χ4n) is 0.714. The number of Topliss-reactive ketones (excluding diaryl/α,β-unsaturated/α-hetero) is 1. The monoisotopic (exact) mass is 168 g/mol. The normalized spacial score (nSPS) is 9.50. The summed E-state index contributed by atoms with van der Waals surface area (Å²) in [5.41, 5.74) is 0.183. The van der Waals surface area contributed by atoms with E-state index in [1.165, 1.54) is 20.2 Å². The first-order valence-electron chi connectivity index (χ1n) is 3.29. The number of nitrogens with zero attached hydrogens (tertiary/aromatic N) is 1. The van der Waals surface area contributed by atoms with Gasteiger partial charge in [0.25, 0.3) is 0 Å². The average Bonchev–Trinajstić information content (AvgIpc) is 2.51. The fourth-order valence-corrected chi connectivity index (χ4v) is 0.714. The molecule has 1 N–H and O–H groups in total. The van der Waals surface area contributed by atoms with Crippen LogP contribution in [0.2, 0.25) is 0 Å². The molecule has 5 nitrogen and oxygen atoms in total. The number of hydrogen-bond donors (Lipinski definition) is 1. The van der Waals surface area contributed by atoms with Gasteiger partial charge in [-0.15, -0.1) is 0 Å². The van der Waals surface area contributed by atoms with Crippen LogP contribution in [-0.2, 0) is 4.74 Å². The van der Waals surface area contributed by atoms with Gasteiger partial charge in [-0.3, -0.25) is 4.79 Å². The van der Waals surface area contributed by atoms with Crippen LogP contribution in [0.5, 0.6) is 0 Å². The first-order chi connectivity index (χ1) is 5.65. The molecule has 1 rings (SSSR count). The number of carbonyl (C=O) groups excluding carboxylic acids is 2. The first-order valence-corrected chi connectivity index (χ1v) is 3.29. The summed E-state index contributed by atoms with van der Waals surface area (Å²) in [7, 11) is 1.26. The summed E-state index contributed by atoms with van der Waals surface area (Å²) in [4.78, 5) is 27.8. The van der Waals surface area contributed by atoms with Gasteiger partial charge in [-0.2, -0.15) is 0 Å². The molecule has 0 aromatic carbocycles. The van der Waals surface area contributed by atoms with Crippen LogP contribution in [-0.4, -0.2) is 28.8 Å². The maximum atomic E-state index is 10.8. The molecule has 0 amide bonds. The zero-order valence-electron chi connectivity index (χ0n) is 6.75. The molecular weight excluding hydrogens is 160 g/mol. The van der Waals surface area contributed by atoms with E-state index in [4.69, 9.17) is 0 Å². The highest BCUT2D eigenvalue weighted by Gasteiger charge is 2.10. The van der Waals surface area contributed by atoms with E-state index in [0.717, 1.165) is 0 Å². The molecule has 0 atom stereocenters. The molecule has 0 saturated carbocycles. The van der Waals surface area contributed by atoms with E-state index in [1.807, 2.05) is 0 Å². The van der Waals surface area contributed by atoms with Crippen LogP contribution >= 0.6 is 0 Å². The van der Waals surface area contributed by atoms with E-state index in [-0.39, 0.29) is 17.3 Å². The number of ether oxygens (including phenoxy) is 1. The first kappa shape index (κ1) is 8.45. The molecule has 0 radical (unpaired) electrons. The molecule has 1 aromatic rings. The van der Waals surface area contributed by atoms with Crippen molar-refractivity contribution < 1.29 is 14.3 Å². The van der Waals surface area contributed by atoms with E-state index >= 15 is 0 Å². The van der Waals surface area contributed by atoms with Crippen LogP contribution in [0, 0.1) is 0 Å². The number of H-pyrrole nitrogens is 1. The van der Waals surface area contributed by atoms with Crippen molar-refractivity contribution in [1.29, 1.82) is 0 Å². The largest absolute Gasteiger partial charge is 0.464 e. The number of aromatic amines is 1. The van der Waals surface area contributed by atoms with E-state index in [1.54, 1.807) is 0 Å². The third kappa shape index (κ3) is 1.50. The Morgan fingerprint density at radius 2 is 2.25 bits per heavy atom. The minimum Gasteiger partial charge on any atom is -0.464 e. The second-order valence-corrected chi connectivity index (χ2v) is 2.19. The highest BCUT2D eigenvalue weighted by Crippen LogP contribution is 1.99. The van der Waals surface area contributed by atoms with Crippen molar-refractivity contribution in [3.8, 4) is 0 Å². The lowest BCUT2D eigenvalue weighted by molar-refractivity contribution is 0.0594. The Hall–Kier alpha value is -1.65. The smallest absolute Gasteiger partial charge is 0.356 e. The Bertz CT molecular complexity index is 316. The van der Waals surface area contributed by atoms with Crippen LogP contribution in [0.25, 0.3) is 0 Å². The van der Waals surface area contributed by atoms with Gasteiger partial charge in [0.15, 0.2) is 11.6 Å². The number of aromatic nitrogens is 2. The molecule has 0 aliphatic rings. The summed E-state index contributed by atoms with van der Waals surface area (Å²) >= 11 is 0. The Morgan fingerprint density at radius 1 is 1.58 bits per heavy atom. The minimum absolute atomic E-state index is 0.162. The predicted molar refractivity (Wildman–Crippen MR) is 39.9 cm³/mol. The molecule has 0 spiro atoms. The lowest BCUT2D eigenvalue weighted by atomic mass is 10.4. The number of carbonyl (C=O) groups is 2. The molecule has 5 heteroatoms. The molecule has 0 aliphatic heterocycles. The van der Waals surface area contributed by atoms with Crippen molar-refractivity contribution in [3.05, 3.63) is 17.7 Å². The summed E-state index contributed by atoms with van der Waals surface area (Å²) in [6, 6.07) is 0. The second-order valence-electron chi connectivity index (χ2n) is 2.19. The lowest BCUT2D eigenvalue weighted by Gasteiger charge is -1.91. The van der Waals surface area contributed by atoms with Crippen LogP contribution in [0.1, 0.15) is 28.0 Å². The van der Waals surface area contributed by atoms with Crippen molar-refractivity contribution in [2.24, 2.45) is 0 Å². The standard InChI is InChI=1S/C7H8N2O3/c1-4(10)6-8-3-5(9-6)7(11)12-2/h3H,1-2H3,(H,8,9). The quantitative estimate of drug-likeness (QED) is 0.512. The Morgan fingerprint density at radius 3 is 2.67 bits per heavy atom. The zero-order valence-corrected chi connectivity index (χ0v) is 6.75. The number of esters is 1. The SMILES string of the molecule is COC(=O)c1cnc(C(C)=O)[nH]1. The van der Waals surface area contributed by atoms with Crippen molar-refractivity contribution in [2.75, 3.05) is 7.11 Å². The number of ketones is 1. The van der Waals surface area contributed by atoms with E-state index < -0.39 is 5.97 Å². The van der Waals surface area contributed by atoms with Gasteiger partial charge in [-0.25, -0.2) is 9.78 Å². The van der Waals surface area contributed by atoms with Crippen LogP contribution in [0.4, 0.5) is 0 Å². The Labute approximate surface area is 68.8 Å². The second kappa shape index (κ2) is 3.17.